The Balaban J connectivity index is 2.14. The molecule has 84 valence electrons. The lowest BCUT2D eigenvalue weighted by Gasteiger charge is -1.98. The van der Waals surface area contributed by atoms with E-state index in [1.807, 2.05) is 13.8 Å². The van der Waals surface area contributed by atoms with Crippen LogP contribution in [0.5, 0.6) is 0 Å². The molecule has 0 aromatic carbocycles. The summed E-state index contributed by atoms with van der Waals surface area (Å²) in [6, 6.07) is 0. The molecule has 2 aromatic heterocycles. The number of aromatic nitrogens is 3. The van der Waals surface area contributed by atoms with Crippen LogP contribution in [0.1, 0.15) is 27.2 Å². The number of nitrogens with zero attached hydrogens (tertiary/aromatic N) is 3. The molecule has 7 heteroatoms. The van der Waals surface area contributed by atoms with E-state index >= 15 is 0 Å². The van der Waals surface area contributed by atoms with Crippen molar-refractivity contribution in [3.8, 4) is 0 Å². The zero-order valence-corrected chi connectivity index (χ0v) is 10.5. The second kappa shape index (κ2) is 4.67. The first kappa shape index (κ1) is 11.2. The van der Waals surface area contributed by atoms with Gasteiger partial charge in [0.15, 0.2) is 5.13 Å². The third-order valence-electron chi connectivity index (χ3n) is 1.94. The van der Waals surface area contributed by atoms with Gasteiger partial charge < -0.3 is 0 Å². The summed E-state index contributed by atoms with van der Waals surface area (Å²) in [5.41, 5.74) is 0.732. The Morgan fingerprint density at radius 1 is 1.56 bits per heavy atom. The number of anilines is 1. The van der Waals surface area contributed by atoms with E-state index in [-0.39, 0.29) is 5.91 Å². The van der Waals surface area contributed by atoms with Gasteiger partial charge in [0.05, 0.1) is 5.69 Å². The van der Waals surface area contributed by atoms with Crippen LogP contribution in [0.15, 0.2) is 6.20 Å². The Bertz CT molecular complexity index is 505. The van der Waals surface area contributed by atoms with E-state index in [2.05, 4.69) is 19.9 Å². The average molecular weight is 254 g/mol. The van der Waals surface area contributed by atoms with Crippen molar-refractivity contribution in [1.82, 2.24) is 14.6 Å². The van der Waals surface area contributed by atoms with Gasteiger partial charge >= 0.3 is 0 Å². The second-order valence-electron chi connectivity index (χ2n) is 3.13. The molecule has 0 bridgehead atoms. The summed E-state index contributed by atoms with van der Waals surface area (Å²) >= 11 is 2.56. The smallest absolute Gasteiger partial charge is 0.271 e. The minimum atomic E-state index is -0.179. The van der Waals surface area contributed by atoms with Gasteiger partial charge in [-0.25, -0.2) is 4.98 Å². The Hall–Kier alpha value is -1.34. The van der Waals surface area contributed by atoms with Gasteiger partial charge in [-0.05, 0) is 24.9 Å². The summed E-state index contributed by atoms with van der Waals surface area (Å²) in [4.78, 5) is 17.6. The summed E-state index contributed by atoms with van der Waals surface area (Å²) in [6.07, 6.45) is 2.43. The van der Waals surface area contributed by atoms with Crippen LogP contribution in [0.3, 0.4) is 0 Å². The van der Waals surface area contributed by atoms with Crippen molar-refractivity contribution >= 4 is 33.9 Å². The highest BCUT2D eigenvalue weighted by Crippen LogP contribution is 2.19. The van der Waals surface area contributed by atoms with Crippen LogP contribution in [-0.4, -0.2) is 20.5 Å². The SMILES string of the molecule is CCc1nnsc1C(=O)Nc1ncc(C)s1. The van der Waals surface area contributed by atoms with Crippen LogP contribution in [-0.2, 0) is 6.42 Å². The van der Waals surface area contributed by atoms with E-state index < -0.39 is 0 Å². The number of thiazole rings is 1. The molecule has 0 fully saturated rings. The van der Waals surface area contributed by atoms with Crippen molar-refractivity contribution in [2.24, 2.45) is 0 Å². The zero-order chi connectivity index (χ0) is 11.5. The molecule has 0 aliphatic carbocycles. The number of aryl methyl sites for hydroxylation is 2. The highest BCUT2D eigenvalue weighted by atomic mass is 32.1. The maximum atomic E-state index is 11.9. The number of hydrogen-bond acceptors (Lipinski definition) is 6. The molecular weight excluding hydrogens is 244 g/mol. The minimum absolute atomic E-state index is 0.179. The fourth-order valence-electron chi connectivity index (χ4n) is 1.18. The van der Waals surface area contributed by atoms with E-state index in [9.17, 15) is 4.79 Å². The maximum Gasteiger partial charge on any atom is 0.271 e. The van der Waals surface area contributed by atoms with Crippen molar-refractivity contribution in [3.63, 3.8) is 0 Å². The van der Waals surface area contributed by atoms with E-state index in [0.717, 1.165) is 22.1 Å². The number of carbonyl (C=O) groups is 1. The van der Waals surface area contributed by atoms with Crippen LogP contribution in [0, 0.1) is 6.92 Å². The van der Waals surface area contributed by atoms with E-state index in [4.69, 9.17) is 0 Å². The minimum Gasteiger partial charge on any atom is -0.297 e. The lowest BCUT2D eigenvalue weighted by molar-refractivity contribution is 0.102. The van der Waals surface area contributed by atoms with Crippen molar-refractivity contribution in [2.45, 2.75) is 20.3 Å². The lowest BCUT2D eigenvalue weighted by Crippen LogP contribution is -2.11. The Morgan fingerprint density at radius 3 is 3.00 bits per heavy atom. The standard InChI is InChI=1S/C9H10N4OS2/c1-3-6-7(16-13-12-6)8(14)11-9-10-4-5(2)15-9/h4H,3H2,1-2H3,(H,10,11,14). The normalized spacial score (nSPS) is 10.4. The van der Waals surface area contributed by atoms with Gasteiger partial charge in [-0.3, -0.25) is 10.1 Å². The molecule has 2 aromatic rings. The summed E-state index contributed by atoms with van der Waals surface area (Å²) in [5, 5.41) is 7.24. The van der Waals surface area contributed by atoms with Gasteiger partial charge in [-0.1, -0.05) is 11.4 Å². The molecule has 0 saturated carbocycles. The van der Waals surface area contributed by atoms with Crippen LogP contribution in [0.4, 0.5) is 5.13 Å². The third kappa shape index (κ3) is 2.25. The van der Waals surface area contributed by atoms with Crippen LogP contribution in [0.2, 0.25) is 0 Å². The Labute approximate surface area is 101 Å². The van der Waals surface area contributed by atoms with Crippen molar-refractivity contribution in [1.29, 1.82) is 0 Å². The summed E-state index contributed by atoms with van der Waals surface area (Å²) in [5.74, 6) is -0.179. The highest BCUT2D eigenvalue weighted by Gasteiger charge is 2.15. The fraction of sp³-hybridized carbons (Fsp3) is 0.333. The monoisotopic (exact) mass is 254 g/mol. The van der Waals surface area contributed by atoms with E-state index in [0.29, 0.717) is 16.4 Å². The largest absolute Gasteiger partial charge is 0.297 e. The second-order valence-corrected chi connectivity index (χ2v) is 5.12. The molecule has 0 spiro atoms. The molecule has 0 radical (unpaired) electrons. The lowest BCUT2D eigenvalue weighted by atomic mass is 10.3. The molecule has 0 unspecified atom stereocenters. The zero-order valence-electron chi connectivity index (χ0n) is 8.85. The van der Waals surface area contributed by atoms with Crippen LogP contribution in [0.25, 0.3) is 0 Å². The predicted octanol–water partition coefficient (Wildman–Crippen LogP) is 2.12. The average Bonchev–Trinajstić information content (AvgIpc) is 2.86. The molecule has 0 saturated heterocycles. The molecule has 1 amide bonds. The molecule has 0 atom stereocenters. The molecule has 2 heterocycles. The van der Waals surface area contributed by atoms with E-state index in [1.54, 1.807) is 6.20 Å². The van der Waals surface area contributed by atoms with Crippen molar-refractivity contribution < 1.29 is 4.79 Å². The number of rotatable bonds is 3. The number of amides is 1. The van der Waals surface area contributed by atoms with Crippen molar-refractivity contribution in [3.05, 3.63) is 21.6 Å². The highest BCUT2D eigenvalue weighted by molar-refractivity contribution is 7.15. The van der Waals surface area contributed by atoms with Gasteiger partial charge in [-0.15, -0.1) is 16.4 Å². The quantitative estimate of drug-likeness (QED) is 0.911. The van der Waals surface area contributed by atoms with Gasteiger partial charge in [0.1, 0.15) is 4.88 Å². The van der Waals surface area contributed by atoms with Crippen LogP contribution >= 0.6 is 22.9 Å². The molecule has 2 rings (SSSR count). The van der Waals surface area contributed by atoms with Gasteiger partial charge in [-0.2, -0.15) is 0 Å². The first-order valence-corrected chi connectivity index (χ1v) is 6.34. The molecule has 1 N–H and O–H groups in total. The maximum absolute atomic E-state index is 11.9. The molecule has 0 aliphatic rings. The van der Waals surface area contributed by atoms with Crippen molar-refractivity contribution in [2.75, 3.05) is 5.32 Å². The van der Waals surface area contributed by atoms with Gasteiger partial charge in [0, 0.05) is 11.1 Å². The predicted molar refractivity (Wildman–Crippen MR) is 64.1 cm³/mol. The number of carbonyl (C=O) groups excluding carboxylic acids is 1. The summed E-state index contributed by atoms with van der Waals surface area (Å²) in [7, 11) is 0. The molecule has 16 heavy (non-hydrogen) atoms. The first-order valence-electron chi connectivity index (χ1n) is 4.75. The van der Waals surface area contributed by atoms with Gasteiger partial charge in [0.25, 0.3) is 5.91 Å². The van der Waals surface area contributed by atoms with E-state index in [1.165, 1.54) is 11.3 Å². The topological polar surface area (TPSA) is 67.8 Å². The number of hydrogen-bond donors (Lipinski definition) is 1. The molecule has 5 nitrogen and oxygen atoms in total. The van der Waals surface area contributed by atoms with Gasteiger partial charge in [0.2, 0.25) is 0 Å². The first-order chi connectivity index (χ1) is 7.70. The molecule has 0 aliphatic heterocycles. The third-order valence-corrected chi connectivity index (χ3v) is 3.53. The Kier molecular flexibility index (Phi) is 3.25. The fourth-order valence-corrected chi connectivity index (χ4v) is 2.48. The molecular formula is C9H10N4OS2. The van der Waals surface area contributed by atoms with Crippen LogP contribution < -0.4 is 5.32 Å². The summed E-state index contributed by atoms with van der Waals surface area (Å²) < 4.78 is 3.77. The Morgan fingerprint density at radius 2 is 2.38 bits per heavy atom. The number of nitrogens with one attached hydrogen (secondary N) is 1. The summed E-state index contributed by atoms with van der Waals surface area (Å²) in [6.45, 7) is 3.89.